The summed E-state index contributed by atoms with van der Waals surface area (Å²) in [5.41, 5.74) is -2.64. The van der Waals surface area contributed by atoms with E-state index in [0.717, 1.165) is 23.0 Å². The predicted octanol–water partition coefficient (Wildman–Crippen LogP) is 3.20. The summed E-state index contributed by atoms with van der Waals surface area (Å²) in [6, 6.07) is 3.74. The van der Waals surface area contributed by atoms with Crippen LogP contribution in [-0.4, -0.2) is 35.9 Å². The zero-order valence-electron chi connectivity index (χ0n) is 17.5. The average molecular weight is 461 g/mol. The van der Waals surface area contributed by atoms with Gasteiger partial charge in [0.25, 0.3) is 10.0 Å². The molecule has 13 heteroatoms. The van der Waals surface area contributed by atoms with E-state index < -0.39 is 44.9 Å². The number of nitrogens with zero attached hydrogens (tertiary/aromatic N) is 4. The largest absolute Gasteiger partial charge is 0.476 e. The number of sulfonamides is 1. The predicted molar refractivity (Wildman–Crippen MR) is 103 cm³/mol. The molecule has 0 aliphatic heterocycles. The maximum Gasteiger partial charge on any atom is 0.436 e. The number of alkyl halides is 3. The van der Waals surface area contributed by atoms with E-state index in [1.807, 2.05) is 4.89 Å². The van der Waals surface area contributed by atoms with Crippen molar-refractivity contribution in [3.63, 3.8) is 0 Å². The molecule has 0 radical (unpaired) electrons. The molecule has 2 rings (SSSR count). The molecule has 9 nitrogen and oxygen atoms in total. The Morgan fingerprint density at radius 3 is 2.35 bits per heavy atom. The summed E-state index contributed by atoms with van der Waals surface area (Å²) in [7, 11) is -4.05. The number of hydrogen-bond acceptors (Lipinski definition) is 7. The van der Waals surface area contributed by atoms with E-state index in [2.05, 4.69) is 10.1 Å². The van der Waals surface area contributed by atoms with Gasteiger partial charge in [-0.25, -0.2) is 13.4 Å². The van der Waals surface area contributed by atoms with E-state index in [4.69, 9.17) is 9.57 Å². The van der Waals surface area contributed by atoms with Gasteiger partial charge in [0.05, 0.1) is 12.7 Å². The summed E-state index contributed by atoms with van der Waals surface area (Å²) < 4.78 is 70.8. The van der Waals surface area contributed by atoms with Crippen molar-refractivity contribution in [3.8, 4) is 17.8 Å². The van der Waals surface area contributed by atoms with Gasteiger partial charge in [0.1, 0.15) is 16.5 Å². The Morgan fingerprint density at radius 1 is 1.26 bits per heavy atom. The first-order valence-corrected chi connectivity index (χ1v) is 10.5. The minimum atomic E-state index is -4.91. The molecule has 0 aliphatic rings. The molecule has 0 amide bonds. The van der Waals surface area contributed by atoms with Crippen LogP contribution in [0.3, 0.4) is 0 Å². The van der Waals surface area contributed by atoms with E-state index >= 15 is 0 Å². The van der Waals surface area contributed by atoms with Crippen LogP contribution in [0.2, 0.25) is 0 Å². The second-order valence-electron chi connectivity index (χ2n) is 8.00. The van der Waals surface area contributed by atoms with Crippen molar-refractivity contribution < 1.29 is 31.2 Å². The Kier molecular flexibility index (Phi) is 6.99. The van der Waals surface area contributed by atoms with Crippen molar-refractivity contribution in [2.24, 2.45) is 5.41 Å². The molecule has 0 unspecified atom stereocenters. The lowest BCUT2D eigenvalue weighted by Gasteiger charge is -2.19. The number of nitrogens with one attached hydrogen (secondary N) is 1. The van der Waals surface area contributed by atoms with Crippen LogP contribution >= 0.6 is 0 Å². The highest BCUT2D eigenvalue weighted by atomic mass is 32.2. The van der Waals surface area contributed by atoms with Crippen molar-refractivity contribution in [2.45, 2.75) is 51.8 Å². The first-order chi connectivity index (χ1) is 14.2. The van der Waals surface area contributed by atoms with Crippen LogP contribution in [0, 0.1) is 16.7 Å². The van der Waals surface area contributed by atoms with Gasteiger partial charge in [0, 0.05) is 6.20 Å². The van der Waals surface area contributed by atoms with Crippen molar-refractivity contribution >= 4 is 10.0 Å². The van der Waals surface area contributed by atoms with Gasteiger partial charge in [-0.15, -0.1) is 0 Å². The second-order valence-corrected chi connectivity index (χ2v) is 9.65. The Bertz CT molecular complexity index is 1070. The third-order valence-electron chi connectivity index (χ3n) is 3.51. The topological polar surface area (TPSA) is 119 Å². The molecule has 2 heterocycles. The maximum atomic E-state index is 13.4. The molecular formula is C18H22F3N5O4S. The van der Waals surface area contributed by atoms with Crippen LogP contribution < -0.4 is 9.62 Å². The maximum absolute atomic E-state index is 13.4. The van der Waals surface area contributed by atoms with Crippen LogP contribution in [0.25, 0.3) is 5.82 Å². The lowest BCUT2D eigenvalue weighted by molar-refractivity contribution is -0.141. The summed E-state index contributed by atoms with van der Waals surface area (Å²) in [5.74, 6) is -0.603. The first kappa shape index (κ1) is 24.6. The van der Waals surface area contributed by atoms with E-state index in [1.165, 1.54) is 6.07 Å². The summed E-state index contributed by atoms with van der Waals surface area (Å²) in [5, 5.41) is 12.8. The number of pyridine rings is 1. The van der Waals surface area contributed by atoms with Crippen LogP contribution in [0.5, 0.6) is 5.88 Å². The fourth-order valence-electron chi connectivity index (χ4n) is 2.14. The number of rotatable bonds is 7. The summed E-state index contributed by atoms with van der Waals surface area (Å²) in [6.45, 7) is 8.63. The number of ether oxygens (including phenoxy) is 1. The molecule has 0 bridgehead atoms. The van der Waals surface area contributed by atoms with Crippen molar-refractivity contribution in [1.82, 2.24) is 19.6 Å². The summed E-state index contributed by atoms with van der Waals surface area (Å²) >= 11 is 0. The molecule has 1 N–H and O–H groups in total. The minimum absolute atomic E-state index is 0.00635. The van der Waals surface area contributed by atoms with Gasteiger partial charge in [-0.1, -0.05) is 25.7 Å². The molecule has 0 fully saturated rings. The first-order valence-electron chi connectivity index (χ1n) is 9.02. The lowest BCUT2D eigenvalue weighted by Crippen LogP contribution is -2.27. The average Bonchev–Trinajstić information content (AvgIpc) is 3.03. The highest BCUT2D eigenvalue weighted by Crippen LogP contribution is 2.36. The molecule has 0 saturated heterocycles. The Hall–Kier alpha value is -2.69. The van der Waals surface area contributed by atoms with Crippen molar-refractivity contribution in [2.75, 3.05) is 6.61 Å². The van der Waals surface area contributed by atoms with Crippen molar-refractivity contribution in [1.29, 1.82) is 5.26 Å². The molecule has 0 saturated carbocycles. The van der Waals surface area contributed by atoms with Gasteiger partial charge < -0.3 is 4.74 Å². The van der Waals surface area contributed by atoms with E-state index in [9.17, 15) is 26.9 Å². The van der Waals surface area contributed by atoms with E-state index in [0.29, 0.717) is 0 Å². The summed E-state index contributed by atoms with van der Waals surface area (Å²) in [4.78, 5) is 10.4. The van der Waals surface area contributed by atoms with Gasteiger partial charge in [0.15, 0.2) is 11.5 Å². The SMILES string of the molecule is CC(C)ONS(=O)(=O)c1ccc(-n2nc(C(F)(F)F)c(C#N)c2OCC(C)(C)C)nc1. The highest BCUT2D eigenvalue weighted by Gasteiger charge is 2.41. The van der Waals surface area contributed by atoms with Gasteiger partial charge in [0.2, 0.25) is 5.88 Å². The number of nitriles is 1. The number of aromatic nitrogens is 3. The monoisotopic (exact) mass is 461 g/mol. The van der Waals surface area contributed by atoms with E-state index in [1.54, 1.807) is 34.6 Å². The zero-order chi connectivity index (χ0) is 23.6. The fraction of sp³-hybridized carbons (Fsp3) is 0.500. The zero-order valence-corrected chi connectivity index (χ0v) is 18.3. The summed E-state index contributed by atoms with van der Waals surface area (Å²) in [6.07, 6.45) is -4.40. The third kappa shape index (κ3) is 6.16. The minimum Gasteiger partial charge on any atom is -0.476 e. The van der Waals surface area contributed by atoms with E-state index in [-0.39, 0.29) is 17.3 Å². The standard InChI is InChI=1S/C18H22F3N5O4S/c1-11(2)30-25-31(27,28)12-6-7-14(23-9-12)26-16(29-10-17(3,4)5)13(8-22)15(24-26)18(19,20)21/h6-7,9,11,25H,10H2,1-5H3. The molecule has 0 atom stereocenters. The molecule has 2 aromatic rings. The molecule has 170 valence electrons. The highest BCUT2D eigenvalue weighted by molar-refractivity contribution is 7.89. The Morgan fingerprint density at radius 2 is 1.90 bits per heavy atom. The third-order valence-corrected chi connectivity index (χ3v) is 4.68. The molecule has 0 aliphatic carbocycles. The van der Waals surface area contributed by atoms with Gasteiger partial charge in [-0.2, -0.15) is 28.2 Å². The van der Waals surface area contributed by atoms with Gasteiger partial charge >= 0.3 is 6.18 Å². The fourth-order valence-corrected chi connectivity index (χ4v) is 2.99. The van der Waals surface area contributed by atoms with Gasteiger partial charge in [-0.05, 0) is 31.4 Å². The van der Waals surface area contributed by atoms with Crippen LogP contribution in [0.1, 0.15) is 45.9 Å². The normalized spacial score (nSPS) is 12.8. The second kappa shape index (κ2) is 8.81. The molecular weight excluding hydrogens is 439 g/mol. The molecule has 0 spiro atoms. The van der Waals surface area contributed by atoms with Crippen LogP contribution in [-0.2, 0) is 21.0 Å². The lowest BCUT2D eigenvalue weighted by atomic mass is 9.99. The molecule has 2 aromatic heterocycles. The Balaban J connectivity index is 2.52. The van der Waals surface area contributed by atoms with Crippen LogP contribution in [0.15, 0.2) is 23.2 Å². The smallest absolute Gasteiger partial charge is 0.436 e. The quantitative estimate of drug-likeness (QED) is 0.629. The number of hydrogen-bond donors (Lipinski definition) is 1. The Labute approximate surface area is 177 Å². The number of halogens is 3. The van der Waals surface area contributed by atoms with Gasteiger partial charge in [-0.3, -0.25) is 4.84 Å². The molecule has 31 heavy (non-hydrogen) atoms. The van der Waals surface area contributed by atoms with Crippen molar-refractivity contribution in [3.05, 3.63) is 29.6 Å². The molecule has 0 aromatic carbocycles. The van der Waals surface area contributed by atoms with Crippen LogP contribution in [0.4, 0.5) is 13.2 Å².